The zero-order chi connectivity index (χ0) is 21.1. The molecule has 0 aromatic carbocycles. The first-order valence-electron chi connectivity index (χ1n) is 10.6. The van der Waals surface area contributed by atoms with E-state index in [2.05, 4.69) is 33.9 Å². The van der Waals surface area contributed by atoms with E-state index < -0.39 is 0 Å². The van der Waals surface area contributed by atoms with Crippen LogP contribution >= 0.6 is 11.3 Å². The van der Waals surface area contributed by atoms with E-state index in [1.165, 1.54) is 11.3 Å². The quantitative estimate of drug-likeness (QED) is 0.513. The zero-order valence-corrected chi connectivity index (χ0v) is 18.6. The predicted octanol–water partition coefficient (Wildman–Crippen LogP) is 3.97. The minimum Gasteiger partial charge on any atom is -0.337 e. The van der Waals surface area contributed by atoms with Gasteiger partial charge in [-0.25, -0.2) is 4.98 Å². The minimum atomic E-state index is 0.0194. The molecule has 0 spiro atoms. The van der Waals surface area contributed by atoms with Crippen LogP contribution < -0.4 is 0 Å². The molecule has 0 saturated carbocycles. The van der Waals surface area contributed by atoms with Gasteiger partial charge in [-0.2, -0.15) is 4.98 Å². The summed E-state index contributed by atoms with van der Waals surface area (Å²) in [7, 11) is 1.80. The second kappa shape index (κ2) is 9.09. The van der Waals surface area contributed by atoms with E-state index in [9.17, 15) is 4.79 Å². The van der Waals surface area contributed by atoms with Crippen LogP contribution in [0.5, 0.6) is 0 Å². The molecule has 1 amide bonds. The number of carbonyl (C=O) groups excluding carboxylic acids is 1. The summed E-state index contributed by atoms with van der Waals surface area (Å²) < 4.78 is 7.54. The van der Waals surface area contributed by atoms with E-state index >= 15 is 0 Å². The Balaban J connectivity index is 1.59. The third kappa shape index (κ3) is 4.04. The summed E-state index contributed by atoms with van der Waals surface area (Å²) in [5.74, 6) is 1.10. The Kier molecular flexibility index (Phi) is 6.29. The first-order valence-corrected chi connectivity index (χ1v) is 11.4. The van der Waals surface area contributed by atoms with E-state index in [0.29, 0.717) is 30.5 Å². The molecule has 1 aliphatic rings. The maximum absolute atomic E-state index is 12.7. The number of nitrogens with zero attached hydrogens (tertiary/aromatic N) is 6. The molecule has 0 atom stereocenters. The highest BCUT2D eigenvalue weighted by molar-refractivity contribution is 7.12. The molecule has 1 aliphatic heterocycles. The van der Waals surface area contributed by atoms with E-state index in [4.69, 9.17) is 4.52 Å². The molecule has 160 valence electrons. The van der Waals surface area contributed by atoms with Gasteiger partial charge in [-0.3, -0.25) is 14.3 Å². The second-order valence-corrected chi connectivity index (χ2v) is 8.62. The Hall–Kier alpha value is -2.52. The SMILES string of the molecule is CCCCN(CCCC)Cc1nc(-c2ncn3c2CN(C)C(=O)c2sccc2-3)no1. The lowest BCUT2D eigenvalue weighted by atomic mass is 10.2. The first kappa shape index (κ1) is 20.7. The van der Waals surface area contributed by atoms with Gasteiger partial charge in [-0.05, 0) is 37.4 Å². The van der Waals surface area contributed by atoms with Crippen LogP contribution in [0, 0.1) is 0 Å². The molecule has 0 radical (unpaired) electrons. The number of hydrogen-bond acceptors (Lipinski definition) is 7. The molecule has 0 fully saturated rings. The predicted molar refractivity (Wildman–Crippen MR) is 116 cm³/mol. The number of rotatable bonds is 9. The smallest absolute Gasteiger partial charge is 0.266 e. The molecule has 4 heterocycles. The van der Waals surface area contributed by atoms with Crippen molar-refractivity contribution in [2.24, 2.45) is 0 Å². The normalized spacial score (nSPS) is 13.6. The molecule has 0 unspecified atom stereocenters. The molecule has 3 aromatic heterocycles. The number of amides is 1. The molecule has 0 saturated heterocycles. The lowest BCUT2D eigenvalue weighted by Crippen LogP contribution is -2.25. The van der Waals surface area contributed by atoms with Crippen LogP contribution in [0.25, 0.3) is 17.2 Å². The number of unbranched alkanes of at least 4 members (excludes halogenated alkanes) is 2. The zero-order valence-electron chi connectivity index (χ0n) is 17.8. The van der Waals surface area contributed by atoms with Gasteiger partial charge in [0, 0.05) is 7.05 Å². The molecule has 0 aliphatic carbocycles. The van der Waals surface area contributed by atoms with Crippen molar-refractivity contribution in [2.45, 2.75) is 52.6 Å². The molecule has 0 bridgehead atoms. The lowest BCUT2D eigenvalue weighted by Gasteiger charge is -2.19. The number of hydrogen-bond donors (Lipinski definition) is 0. The summed E-state index contributed by atoms with van der Waals surface area (Å²) in [6, 6.07) is 1.95. The summed E-state index contributed by atoms with van der Waals surface area (Å²) in [4.78, 5) is 26.7. The standard InChI is InChI=1S/C21H28N6O2S/c1-4-6-9-26(10-7-5-2)13-17-23-20(24-29-17)18-16-12-25(3)21(28)19-15(8-11-30-19)27(16)14-22-18/h8,11,14H,4-7,9-10,12-13H2,1-3H3. The van der Waals surface area contributed by atoms with Crippen LogP contribution in [0.1, 0.15) is 60.8 Å². The lowest BCUT2D eigenvalue weighted by molar-refractivity contribution is 0.0792. The van der Waals surface area contributed by atoms with Crippen molar-refractivity contribution in [1.82, 2.24) is 29.5 Å². The van der Waals surface area contributed by atoms with Gasteiger partial charge >= 0.3 is 0 Å². The van der Waals surface area contributed by atoms with Gasteiger partial charge < -0.3 is 9.42 Å². The monoisotopic (exact) mass is 428 g/mol. The number of fused-ring (bicyclic) bond motifs is 3. The highest BCUT2D eigenvalue weighted by Crippen LogP contribution is 2.31. The third-order valence-corrected chi connectivity index (χ3v) is 6.28. The fourth-order valence-corrected chi connectivity index (χ4v) is 4.56. The van der Waals surface area contributed by atoms with E-state index in [0.717, 1.165) is 55.0 Å². The van der Waals surface area contributed by atoms with Crippen LogP contribution in [-0.2, 0) is 13.1 Å². The fraction of sp³-hybridized carbons (Fsp3) is 0.524. The second-order valence-electron chi connectivity index (χ2n) is 7.70. The molecule has 0 N–H and O–H groups in total. The molecule has 4 rings (SSSR count). The van der Waals surface area contributed by atoms with Crippen molar-refractivity contribution >= 4 is 17.2 Å². The molecule has 8 nitrogen and oxygen atoms in total. The molecular weight excluding hydrogens is 400 g/mol. The number of imidazole rings is 1. The van der Waals surface area contributed by atoms with Crippen LogP contribution in [0.2, 0.25) is 0 Å². The van der Waals surface area contributed by atoms with Gasteiger partial charge in [-0.1, -0.05) is 31.8 Å². The fourth-order valence-electron chi connectivity index (χ4n) is 3.68. The highest BCUT2D eigenvalue weighted by Gasteiger charge is 2.29. The van der Waals surface area contributed by atoms with Crippen molar-refractivity contribution in [1.29, 1.82) is 0 Å². The molecule has 3 aromatic rings. The summed E-state index contributed by atoms with van der Waals surface area (Å²) in [6.07, 6.45) is 6.38. The maximum atomic E-state index is 12.7. The number of carbonyl (C=O) groups is 1. The average molecular weight is 429 g/mol. The van der Waals surface area contributed by atoms with E-state index in [1.807, 2.05) is 16.0 Å². The Morgan fingerprint density at radius 3 is 2.73 bits per heavy atom. The van der Waals surface area contributed by atoms with Crippen molar-refractivity contribution in [3.8, 4) is 17.2 Å². The van der Waals surface area contributed by atoms with Crippen molar-refractivity contribution < 1.29 is 9.32 Å². The molecule has 9 heteroatoms. The van der Waals surface area contributed by atoms with Gasteiger partial charge in [0.05, 0.1) is 24.5 Å². The largest absolute Gasteiger partial charge is 0.337 e. The van der Waals surface area contributed by atoms with Crippen molar-refractivity contribution in [2.75, 3.05) is 20.1 Å². The molecular formula is C21H28N6O2S. The summed E-state index contributed by atoms with van der Waals surface area (Å²) in [5, 5.41) is 6.14. The number of aromatic nitrogens is 4. The number of thiophene rings is 1. The molecule has 30 heavy (non-hydrogen) atoms. The van der Waals surface area contributed by atoms with Crippen molar-refractivity contribution in [3.05, 3.63) is 34.2 Å². The minimum absolute atomic E-state index is 0.0194. The third-order valence-electron chi connectivity index (χ3n) is 5.39. The van der Waals surface area contributed by atoms with Crippen LogP contribution in [0.15, 0.2) is 22.3 Å². The summed E-state index contributed by atoms with van der Waals surface area (Å²) in [5.41, 5.74) is 2.42. The van der Waals surface area contributed by atoms with Crippen molar-refractivity contribution in [3.63, 3.8) is 0 Å². The van der Waals surface area contributed by atoms with E-state index in [1.54, 1.807) is 18.3 Å². The van der Waals surface area contributed by atoms with Gasteiger partial charge in [0.25, 0.3) is 5.91 Å². The Morgan fingerprint density at radius 2 is 2.00 bits per heavy atom. The van der Waals surface area contributed by atoms with E-state index in [-0.39, 0.29) is 5.91 Å². The topological polar surface area (TPSA) is 80.3 Å². The van der Waals surface area contributed by atoms with Crippen LogP contribution in [0.3, 0.4) is 0 Å². The summed E-state index contributed by atoms with van der Waals surface area (Å²) in [6.45, 7) is 7.56. The van der Waals surface area contributed by atoms with Gasteiger partial charge in [0.15, 0.2) is 0 Å². The Labute approximate surface area is 180 Å². The average Bonchev–Trinajstić information content (AvgIpc) is 3.47. The first-order chi connectivity index (χ1) is 14.6. The van der Waals surface area contributed by atoms with Gasteiger partial charge in [0.2, 0.25) is 11.7 Å². The Morgan fingerprint density at radius 1 is 1.23 bits per heavy atom. The summed E-state index contributed by atoms with van der Waals surface area (Å²) >= 11 is 1.45. The Bertz CT molecular complexity index is 999. The highest BCUT2D eigenvalue weighted by atomic mass is 32.1. The van der Waals surface area contributed by atoms with Gasteiger partial charge in [-0.15, -0.1) is 11.3 Å². The van der Waals surface area contributed by atoms with Gasteiger partial charge in [0.1, 0.15) is 16.9 Å². The van der Waals surface area contributed by atoms with Crippen LogP contribution in [0.4, 0.5) is 0 Å². The maximum Gasteiger partial charge on any atom is 0.266 e. The van der Waals surface area contributed by atoms with Crippen LogP contribution in [-0.4, -0.2) is 55.5 Å².